The Balaban J connectivity index is 0.00000204. The molecule has 0 fully saturated rings. The first-order chi connectivity index (χ1) is 14.9. The van der Waals surface area contributed by atoms with Gasteiger partial charge >= 0.3 is 26.2 Å². The van der Waals surface area contributed by atoms with Crippen LogP contribution in [0.3, 0.4) is 0 Å². The van der Waals surface area contributed by atoms with Gasteiger partial charge in [0.05, 0.1) is 8.07 Å². The maximum absolute atomic E-state index is 2.62. The second kappa shape index (κ2) is 11.0. The summed E-state index contributed by atoms with van der Waals surface area (Å²) in [5, 5.41) is 0. The van der Waals surface area contributed by atoms with Crippen LogP contribution in [0.5, 0.6) is 0 Å². The quantitative estimate of drug-likeness (QED) is 0.258. The van der Waals surface area contributed by atoms with Gasteiger partial charge in [0.2, 0.25) is 0 Å². The molecule has 186 valence electrons. The maximum atomic E-state index is 2.62. The van der Waals surface area contributed by atoms with Crippen LogP contribution in [-0.4, -0.2) is 8.07 Å². The fourth-order valence-corrected chi connectivity index (χ4v) is 11.9. The van der Waals surface area contributed by atoms with Gasteiger partial charge in [-0.2, -0.15) is 0 Å². The predicted octanol–water partition coefficient (Wildman–Crippen LogP) is 10.4. The topological polar surface area (TPSA) is 0 Å². The Morgan fingerprint density at radius 1 is 0.714 bits per heavy atom. The third-order valence-corrected chi connectivity index (χ3v) is 13.0. The SMILES string of the molecule is CC1=Cc2c(-c3ccc(C(C)(C)C)cc3)cccc2C1[Si](C)(C)C1C(C)=C(C)C(C)=C1C.[CH3-].[CH3-].[Zr+2]. The molecule has 35 heavy (non-hydrogen) atoms. The van der Waals surface area contributed by atoms with E-state index in [1.165, 1.54) is 33.4 Å². The molecule has 0 bridgehead atoms. The molecule has 0 N–H and O–H groups in total. The number of rotatable bonds is 3. The Hall–Kier alpha value is -1.24. The smallest absolute Gasteiger partial charge is 0.358 e. The monoisotopic (exact) mass is 560 g/mol. The largest absolute Gasteiger partial charge is 2.00 e. The Morgan fingerprint density at radius 2 is 1.23 bits per heavy atom. The molecule has 0 saturated heterocycles. The molecule has 0 aromatic heterocycles. The molecule has 2 aliphatic rings. The minimum absolute atomic E-state index is 0. The molecule has 2 aromatic rings. The first-order valence-electron chi connectivity index (χ1n) is 12.1. The van der Waals surface area contributed by atoms with Crippen molar-refractivity contribution >= 4 is 14.1 Å². The van der Waals surface area contributed by atoms with Crippen molar-refractivity contribution in [3.8, 4) is 11.1 Å². The number of hydrogen-bond acceptors (Lipinski definition) is 0. The van der Waals surface area contributed by atoms with E-state index in [1.807, 2.05) is 0 Å². The van der Waals surface area contributed by atoms with E-state index in [0.717, 1.165) is 0 Å². The summed E-state index contributed by atoms with van der Waals surface area (Å²) in [7, 11) is -1.70. The van der Waals surface area contributed by atoms with Gasteiger partial charge in [-0.25, -0.2) is 0 Å². The average Bonchev–Trinajstić information content (AvgIpc) is 3.16. The van der Waals surface area contributed by atoms with Crippen molar-refractivity contribution < 1.29 is 26.2 Å². The number of fused-ring (bicyclic) bond motifs is 1. The van der Waals surface area contributed by atoms with Crippen molar-refractivity contribution in [2.75, 3.05) is 0 Å². The fraction of sp³-hybridized carbons (Fsp3) is 0.394. The summed E-state index contributed by atoms with van der Waals surface area (Å²) in [5.74, 6) is 0. The van der Waals surface area contributed by atoms with E-state index in [9.17, 15) is 0 Å². The second-order valence-corrected chi connectivity index (χ2v) is 16.6. The van der Waals surface area contributed by atoms with E-state index in [-0.39, 0.29) is 46.5 Å². The normalized spacial score (nSPS) is 18.0. The van der Waals surface area contributed by atoms with Gasteiger partial charge in [-0.15, -0.1) is 0 Å². The first kappa shape index (κ1) is 31.8. The van der Waals surface area contributed by atoms with Crippen LogP contribution in [0, 0.1) is 14.9 Å². The van der Waals surface area contributed by atoms with Gasteiger partial charge in [0, 0.05) is 5.54 Å². The molecule has 0 spiro atoms. The van der Waals surface area contributed by atoms with Crippen LogP contribution in [0.2, 0.25) is 18.6 Å². The molecule has 0 aliphatic heterocycles. The van der Waals surface area contributed by atoms with Crippen LogP contribution < -0.4 is 0 Å². The molecule has 0 amide bonds. The first-order valence-corrected chi connectivity index (χ1v) is 15.3. The molecule has 2 heteroatoms. The number of benzene rings is 2. The Bertz CT molecular complexity index is 1140. The van der Waals surface area contributed by atoms with E-state index in [0.29, 0.717) is 11.1 Å². The molecular formula is C33H46SiZr. The van der Waals surface area contributed by atoms with Gasteiger partial charge in [0.25, 0.3) is 0 Å². The Kier molecular flexibility index (Phi) is 10.0. The van der Waals surface area contributed by atoms with Crippen LogP contribution in [0.1, 0.15) is 77.6 Å². The summed E-state index contributed by atoms with van der Waals surface area (Å²) in [4.78, 5) is 0. The van der Waals surface area contributed by atoms with Crippen molar-refractivity contribution in [2.45, 2.75) is 85.0 Å². The fourth-order valence-electron chi connectivity index (χ4n) is 6.57. The van der Waals surface area contributed by atoms with E-state index in [2.05, 4.69) is 117 Å². The molecule has 0 heterocycles. The molecule has 0 nitrogen and oxygen atoms in total. The zero-order valence-electron chi connectivity index (χ0n) is 24.3. The number of hydrogen-bond donors (Lipinski definition) is 0. The third kappa shape index (κ3) is 5.26. The molecule has 1 atom stereocenters. The standard InChI is InChI=1S/C31H40Si.2CH3.Zr/c1-19-18-28-26(24-14-16-25(17-15-24)31(6,7)8)12-11-13-27(28)29(19)32(9,10)30-22(4)20(2)21(3)23(30)5;;;/h11-18,29-30H,1-10H3;2*1H3;/q;2*-1;+2. The van der Waals surface area contributed by atoms with Gasteiger partial charge in [-0.1, -0.05) is 99.1 Å². The molecule has 0 radical (unpaired) electrons. The third-order valence-electron chi connectivity index (χ3n) is 8.44. The van der Waals surface area contributed by atoms with Crippen LogP contribution >= 0.6 is 0 Å². The minimum Gasteiger partial charge on any atom is -0.358 e. The summed E-state index contributed by atoms with van der Waals surface area (Å²) in [6, 6.07) is 16.3. The molecule has 2 aliphatic carbocycles. The van der Waals surface area contributed by atoms with Gasteiger partial charge in [0.15, 0.2) is 0 Å². The minimum atomic E-state index is -1.70. The van der Waals surface area contributed by atoms with Crippen LogP contribution in [0.25, 0.3) is 17.2 Å². The number of allylic oxidation sites excluding steroid dienone is 5. The summed E-state index contributed by atoms with van der Waals surface area (Å²) in [5.41, 5.74) is 16.3. The van der Waals surface area contributed by atoms with E-state index in [4.69, 9.17) is 0 Å². The van der Waals surface area contributed by atoms with E-state index < -0.39 is 8.07 Å². The maximum Gasteiger partial charge on any atom is 2.00 e. The summed E-state index contributed by atoms with van der Waals surface area (Å²) in [6.45, 7) is 23.9. The zero-order valence-corrected chi connectivity index (χ0v) is 27.7. The molecule has 1 unspecified atom stereocenters. The summed E-state index contributed by atoms with van der Waals surface area (Å²) < 4.78 is 0. The van der Waals surface area contributed by atoms with Gasteiger partial charge in [-0.05, 0) is 84.5 Å². The van der Waals surface area contributed by atoms with Crippen LogP contribution in [0.4, 0.5) is 0 Å². The van der Waals surface area contributed by atoms with Crippen LogP contribution in [-0.2, 0) is 31.6 Å². The molecule has 4 rings (SSSR count). The predicted molar refractivity (Wildman–Crippen MR) is 158 cm³/mol. The van der Waals surface area contributed by atoms with E-state index >= 15 is 0 Å². The summed E-state index contributed by atoms with van der Waals surface area (Å²) >= 11 is 0. The molecular weight excluding hydrogens is 516 g/mol. The van der Waals surface area contributed by atoms with Crippen molar-refractivity contribution in [1.82, 2.24) is 0 Å². The zero-order chi connectivity index (χ0) is 23.6. The van der Waals surface area contributed by atoms with Crippen molar-refractivity contribution in [2.24, 2.45) is 0 Å². The van der Waals surface area contributed by atoms with Gasteiger partial charge < -0.3 is 14.9 Å². The average molecular weight is 562 g/mol. The van der Waals surface area contributed by atoms with Crippen LogP contribution in [0.15, 0.2) is 70.3 Å². The molecule has 2 aromatic carbocycles. The second-order valence-electron chi connectivity index (χ2n) is 11.8. The van der Waals surface area contributed by atoms with Crippen molar-refractivity contribution in [3.05, 3.63) is 102 Å². The Labute approximate surface area is 237 Å². The van der Waals surface area contributed by atoms with Crippen molar-refractivity contribution in [3.63, 3.8) is 0 Å². The molecule has 0 saturated carbocycles. The summed E-state index contributed by atoms with van der Waals surface area (Å²) in [6.07, 6.45) is 2.49. The van der Waals surface area contributed by atoms with Gasteiger partial charge in [-0.3, -0.25) is 0 Å². The van der Waals surface area contributed by atoms with Gasteiger partial charge in [0.1, 0.15) is 0 Å². The Morgan fingerprint density at radius 3 is 1.71 bits per heavy atom. The van der Waals surface area contributed by atoms with E-state index in [1.54, 1.807) is 22.3 Å². The van der Waals surface area contributed by atoms with Crippen molar-refractivity contribution in [1.29, 1.82) is 0 Å².